The zero-order valence-corrected chi connectivity index (χ0v) is 17.5. The second-order valence-electron chi connectivity index (χ2n) is 8.47. The van der Waals surface area contributed by atoms with Crippen molar-refractivity contribution >= 4 is 17.8 Å². The van der Waals surface area contributed by atoms with Gasteiger partial charge < -0.3 is 15.0 Å². The summed E-state index contributed by atoms with van der Waals surface area (Å²) in [7, 11) is 0. The lowest BCUT2D eigenvalue weighted by atomic mass is 9.72. The molecule has 2 fully saturated rings. The lowest BCUT2D eigenvalue weighted by Gasteiger charge is -2.40. The van der Waals surface area contributed by atoms with Crippen LogP contribution in [0.5, 0.6) is 0 Å². The van der Waals surface area contributed by atoms with Gasteiger partial charge in [0.25, 0.3) is 5.91 Å². The number of ether oxygens (including phenoxy) is 1. The Morgan fingerprint density at radius 3 is 2.38 bits per heavy atom. The van der Waals surface area contributed by atoms with Crippen LogP contribution in [0.4, 0.5) is 0 Å². The first-order valence-electron chi connectivity index (χ1n) is 10.7. The van der Waals surface area contributed by atoms with Gasteiger partial charge in [-0.3, -0.25) is 14.4 Å². The number of amides is 2. The van der Waals surface area contributed by atoms with Crippen molar-refractivity contribution < 1.29 is 19.1 Å². The van der Waals surface area contributed by atoms with Crippen LogP contribution in [0.25, 0.3) is 0 Å². The lowest BCUT2D eigenvalue weighted by molar-refractivity contribution is -0.157. The number of piperidine rings is 1. The first-order valence-corrected chi connectivity index (χ1v) is 10.7. The van der Waals surface area contributed by atoms with E-state index in [4.69, 9.17) is 4.74 Å². The molecule has 6 nitrogen and oxygen atoms in total. The number of nitrogens with one attached hydrogen (secondary N) is 1. The highest BCUT2D eigenvalue weighted by atomic mass is 16.5. The Bertz CT molecular complexity index is 726. The third-order valence-electron chi connectivity index (χ3n) is 6.57. The quantitative estimate of drug-likeness (QED) is 0.771. The van der Waals surface area contributed by atoms with E-state index in [-0.39, 0.29) is 30.4 Å². The summed E-state index contributed by atoms with van der Waals surface area (Å²) in [6, 6.07) is 9.73. The van der Waals surface area contributed by atoms with Crippen LogP contribution >= 0.6 is 0 Å². The minimum atomic E-state index is -0.814. The summed E-state index contributed by atoms with van der Waals surface area (Å²) >= 11 is 0. The average Bonchev–Trinajstić information content (AvgIpc) is 2.74. The normalized spacial score (nSPS) is 23.9. The van der Waals surface area contributed by atoms with Gasteiger partial charge in [0, 0.05) is 26.1 Å². The molecule has 1 saturated heterocycles. The third-order valence-corrected chi connectivity index (χ3v) is 6.57. The monoisotopic (exact) mass is 400 g/mol. The Balaban J connectivity index is 1.64. The fourth-order valence-corrected chi connectivity index (χ4v) is 4.62. The summed E-state index contributed by atoms with van der Waals surface area (Å²) < 4.78 is 5.52. The topological polar surface area (TPSA) is 75.7 Å². The summed E-state index contributed by atoms with van der Waals surface area (Å²) in [4.78, 5) is 39.0. The zero-order valence-electron chi connectivity index (χ0n) is 17.5. The molecular weight excluding hydrogens is 368 g/mol. The molecule has 1 aliphatic carbocycles. The number of likely N-dealkylation sites (tertiary alicyclic amines) is 1. The summed E-state index contributed by atoms with van der Waals surface area (Å²) in [5.41, 5.74) is 0.0699. The molecule has 29 heavy (non-hydrogen) atoms. The van der Waals surface area contributed by atoms with Gasteiger partial charge in [0.1, 0.15) is 0 Å². The van der Waals surface area contributed by atoms with Crippen LogP contribution in [0, 0.1) is 5.92 Å². The smallest absolute Gasteiger partial charge is 0.317 e. The van der Waals surface area contributed by atoms with Crippen LogP contribution in [-0.4, -0.2) is 48.4 Å². The van der Waals surface area contributed by atoms with Gasteiger partial charge in [0.05, 0.1) is 5.41 Å². The molecule has 1 saturated carbocycles. The van der Waals surface area contributed by atoms with Gasteiger partial charge in [-0.05, 0) is 37.2 Å². The molecule has 2 atom stereocenters. The average molecular weight is 401 g/mol. The van der Waals surface area contributed by atoms with Crippen LogP contribution < -0.4 is 5.32 Å². The molecule has 0 spiro atoms. The Kier molecular flexibility index (Phi) is 6.93. The molecule has 0 radical (unpaired) electrons. The van der Waals surface area contributed by atoms with Crippen LogP contribution in [0.3, 0.4) is 0 Å². The lowest BCUT2D eigenvalue weighted by Crippen LogP contribution is -2.50. The molecule has 0 aromatic heterocycles. The predicted octanol–water partition coefficient (Wildman–Crippen LogP) is 2.80. The van der Waals surface area contributed by atoms with Crippen LogP contribution in [0.2, 0.25) is 0 Å². The number of nitrogens with zero attached hydrogens (tertiary/aromatic N) is 1. The van der Waals surface area contributed by atoms with Gasteiger partial charge in [0.15, 0.2) is 6.61 Å². The van der Waals surface area contributed by atoms with E-state index >= 15 is 0 Å². The number of benzene rings is 1. The molecule has 3 rings (SSSR count). The van der Waals surface area contributed by atoms with Gasteiger partial charge in [-0.2, -0.15) is 0 Å². The number of esters is 1. The van der Waals surface area contributed by atoms with Crippen molar-refractivity contribution in [3.63, 3.8) is 0 Å². The molecule has 1 aromatic carbocycles. The fraction of sp³-hybridized carbons (Fsp3) is 0.609. The number of rotatable bonds is 5. The first-order chi connectivity index (χ1) is 13.9. The van der Waals surface area contributed by atoms with Crippen molar-refractivity contribution in [1.82, 2.24) is 10.2 Å². The second-order valence-corrected chi connectivity index (χ2v) is 8.47. The number of carbonyl (C=O) groups is 3. The van der Waals surface area contributed by atoms with Gasteiger partial charge in [-0.1, -0.05) is 50.1 Å². The van der Waals surface area contributed by atoms with Crippen molar-refractivity contribution in [2.24, 2.45) is 5.92 Å². The molecule has 6 heteroatoms. The van der Waals surface area contributed by atoms with Crippen LogP contribution in [0.1, 0.15) is 57.9 Å². The van der Waals surface area contributed by atoms with Crippen LogP contribution in [-0.2, 0) is 24.5 Å². The zero-order chi connectivity index (χ0) is 20.9. The fourth-order valence-electron chi connectivity index (χ4n) is 4.62. The molecule has 1 N–H and O–H groups in total. The minimum absolute atomic E-state index is 0.0148. The van der Waals surface area contributed by atoms with E-state index in [0.29, 0.717) is 31.8 Å². The minimum Gasteiger partial charge on any atom is -0.455 e. The van der Waals surface area contributed by atoms with Crippen molar-refractivity contribution in [3.8, 4) is 0 Å². The van der Waals surface area contributed by atoms with Crippen molar-refractivity contribution in [2.45, 2.75) is 63.8 Å². The van der Waals surface area contributed by atoms with E-state index in [1.54, 1.807) is 11.8 Å². The molecule has 2 aliphatic rings. The standard InChI is InChI=1S/C23H32N2O4/c1-17-8-6-7-11-20(17)24-21(27)16-29-22(28)23(19-9-4-3-5-10-19)12-14-25(15-13-23)18(2)26/h3-5,9-10,17,20H,6-8,11-16H2,1-2H3,(H,24,27)/t17-,20+/m0/s1. The first kappa shape index (κ1) is 21.3. The highest BCUT2D eigenvalue weighted by molar-refractivity contribution is 5.87. The van der Waals surface area contributed by atoms with Gasteiger partial charge >= 0.3 is 5.97 Å². The molecule has 158 valence electrons. The Morgan fingerprint density at radius 1 is 1.10 bits per heavy atom. The molecule has 1 aliphatic heterocycles. The maximum atomic E-state index is 13.2. The van der Waals surface area contributed by atoms with E-state index in [9.17, 15) is 14.4 Å². The maximum absolute atomic E-state index is 13.2. The van der Waals surface area contributed by atoms with E-state index < -0.39 is 5.41 Å². The second kappa shape index (κ2) is 9.42. The Morgan fingerprint density at radius 2 is 1.76 bits per heavy atom. The molecule has 0 bridgehead atoms. The van der Waals surface area contributed by atoms with E-state index in [0.717, 1.165) is 24.8 Å². The van der Waals surface area contributed by atoms with Crippen molar-refractivity contribution in [3.05, 3.63) is 35.9 Å². The summed E-state index contributed by atoms with van der Waals surface area (Å²) in [5.74, 6) is -0.142. The third kappa shape index (κ3) is 4.98. The SMILES string of the molecule is CC(=O)N1CCC(C(=O)OCC(=O)N[C@@H]2CCCC[C@@H]2C)(c2ccccc2)CC1. The highest BCUT2D eigenvalue weighted by Crippen LogP contribution is 2.37. The van der Waals surface area contributed by atoms with E-state index in [1.807, 2.05) is 30.3 Å². The van der Waals surface area contributed by atoms with Gasteiger partial charge in [0.2, 0.25) is 5.91 Å². The van der Waals surface area contributed by atoms with E-state index in [1.165, 1.54) is 6.42 Å². The van der Waals surface area contributed by atoms with Crippen molar-refractivity contribution in [1.29, 1.82) is 0 Å². The van der Waals surface area contributed by atoms with E-state index in [2.05, 4.69) is 12.2 Å². The molecule has 2 amide bonds. The summed E-state index contributed by atoms with van der Waals surface area (Å²) in [6.45, 7) is 4.46. The summed E-state index contributed by atoms with van der Waals surface area (Å²) in [6.07, 6.45) is 5.43. The van der Waals surface area contributed by atoms with Crippen molar-refractivity contribution in [2.75, 3.05) is 19.7 Å². The summed E-state index contributed by atoms with van der Waals surface area (Å²) in [5, 5.41) is 3.03. The Labute approximate surface area is 173 Å². The van der Waals surface area contributed by atoms with Gasteiger partial charge in [-0.25, -0.2) is 0 Å². The highest BCUT2D eigenvalue weighted by Gasteiger charge is 2.45. The molecule has 1 aromatic rings. The predicted molar refractivity (Wildman–Crippen MR) is 110 cm³/mol. The molecule has 0 unspecified atom stereocenters. The number of carbonyl (C=O) groups excluding carboxylic acids is 3. The molecular formula is C23H32N2O4. The maximum Gasteiger partial charge on any atom is 0.317 e. The number of hydrogen-bond donors (Lipinski definition) is 1. The number of hydrogen-bond acceptors (Lipinski definition) is 4. The van der Waals surface area contributed by atoms with Gasteiger partial charge in [-0.15, -0.1) is 0 Å². The molecule has 1 heterocycles. The largest absolute Gasteiger partial charge is 0.455 e. The Hall–Kier alpha value is -2.37. The van der Waals surface area contributed by atoms with Crippen LogP contribution in [0.15, 0.2) is 30.3 Å².